The molecule has 1 fully saturated rings. The molecule has 6 nitrogen and oxygen atoms in total. The van der Waals surface area contributed by atoms with Crippen molar-refractivity contribution >= 4 is 12.0 Å². The first-order chi connectivity index (χ1) is 20.1. The molecule has 1 aromatic heterocycles. The van der Waals surface area contributed by atoms with E-state index in [1.165, 1.54) is 16.7 Å². The molecule has 0 saturated carbocycles. The topological polar surface area (TPSA) is 67.6 Å². The van der Waals surface area contributed by atoms with Crippen LogP contribution in [0.2, 0.25) is 0 Å². The highest BCUT2D eigenvalue weighted by atomic mass is 16.5. The molecule has 41 heavy (non-hydrogen) atoms. The van der Waals surface area contributed by atoms with Crippen LogP contribution in [0.15, 0.2) is 109 Å². The zero-order valence-corrected chi connectivity index (χ0v) is 23.7. The van der Waals surface area contributed by atoms with Gasteiger partial charge in [0.25, 0.3) is 0 Å². The highest BCUT2D eigenvalue weighted by Gasteiger charge is 2.44. The first kappa shape index (κ1) is 28.5. The van der Waals surface area contributed by atoms with E-state index in [-0.39, 0.29) is 5.97 Å². The van der Waals surface area contributed by atoms with Gasteiger partial charge in [0.2, 0.25) is 0 Å². The molecule has 1 unspecified atom stereocenters. The van der Waals surface area contributed by atoms with Crippen molar-refractivity contribution in [2.24, 2.45) is 0 Å². The first-order valence-corrected chi connectivity index (χ1v) is 14.6. The number of aryl methyl sites for hydroxylation is 1. The smallest absolute Gasteiger partial charge is 0.305 e. The minimum Gasteiger partial charge on any atom is -0.466 e. The number of benzene rings is 3. The van der Waals surface area contributed by atoms with Gasteiger partial charge in [0.15, 0.2) is 0 Å². The number of aliphatic hydroxyl groups excluding tert-OH is 1. The van der Waals surface area contributed by atoms with Crippen LogP contribution in [0, 0.1) is 0 Å². The van der Waals surface area contributed by atoms with Gasteiger partial charge in [0, 0.05) is 32.3 Å². The fraction of sp³-hybridized carbons (Fsp3) is 0.314. The quantitative estimate of drug-likeness (QED) is 0.140. The molecule has 0 aliphatic carbocycles. The van der Waals surface area contributed by atoms with E-state index in [0.29, 0.717) is 26.0 Å². The van der Waals surface area contributed by atoms with Gasteiger partial charge < -0.3 is 9.84 Å². The fourth-order valence-corrected chi connectivity index (χ4v) is 5.93. The minimum absolute atomic E-state index is 0.146. The van der Waals surface area contributed by atoms with Gasteiger partial charge in [-0.15, -0.1) is 0 Å². The Balaban J connectivity index is 1.44. The van der Waals surface area contributed by atoms with Crippen LogP contribution in [0.5, 0.6) is 0 Å². The van der Waals surface area contributed by atoms with Crippen LogP contribution in [0.1, 0.15) is 55.0 Å². The zero-order valence-electron chi connectivity index (χ0n) is 23.7. The third-order valence-electron chi connectivity index (χ3n) is 7.84. The summed E-state index contributed by atoms with van der Waals surface area (Å²) in [7, 11) is 0. The Kier molecular flexibility index (Phi) is 9.44. The maximum Gasteiger partial charge on any atom is 0.305 e. The van der Waals surface area contributed by atoms with E-state index in [9.17, 15) is 9.90 Å². The fourth-order valence-electron chi connectivity index (χ4n) is 5.93. The summed E-state index contributed by atoms with van der Waals surface area (Å²) in [5.41, 5.74) is 4.84. The summed E-state index contributed by atoms with van der Waals surface area (Å²) in [4.78, 5) is 14.1. The van der Waals surface area contributed by atoms with Crippen molar-refractivity contribution in [3.8, 4) is 0 Å². The lowest BCUT2D eigenvalue weighted by Gasteiger charge is -2.48. The second-order valence-electron chi connectivity index (χ2n) is 10.5. The van der Waals surface area contributed by atoms with Gasteiger partial charge in [-0.2, -0.15) is 5.10 Å². The normalized spacial score (nSPS) is 17.0. The van der Waals surface area contributed by atoms with Gasteiger partial charge in [-0.05, 0) is 60.6 Å². The lowest BCUT2D eigenvalue weighted by Crippen LogP contribution is -2.52. The lowest BCUT2D eigenvalue weighted by molar-refractivity contribution is -0.143. The Labute approximate surface area is 242 Å². The molecule has 212 valence electrons. The summed E-state index contributed by atoms with van der Waals surface area (Å²) in [6.45, 7) is 4.32. The van der Waals surface area contributed by atoms with Crippen molar-refractivity contribution in [2.75, 3.05) is 19.7 Å². The molecule has 1 aliphatic heterocycles. The van der Waals surface area contributed by atoms with Crippen LogP contribution in [0.25, 0.3) is 6.08 Å². The van der Waals surface area contributed by atoms with Crippen LogP contribution in [0.4, 0.5) is 0 Å². The van der Waals surface area contributed by atoms with Crippen molar-refractivity contribution in [3.05, 3.63) is 131 Å². The molecular formula is C35H39N3O3. The Morgan fingerprint density at radius 1 is 0.927 bits per heavy atom. The van der Waals surface area contributed by atoms with E-state index in [0.717, 1.165) is 37.2 Å². The van der Waals surface area contributed by atoms with Crippen LogP contribution in [0.3, 0.4) is 0 Å². The number of hydrogen-bond donors (Lipinski definition) is 1. The number of unbranched alkanes of at least 4 members (excludes halogenated alkanes) is 1. The molecular weight excluding hydrogens is 510 g/mol. The van der Waals surface area contributed by atoms with Crippen LogP contribution in [-0.4, -0.2) is 51.6 Å². The predicted octanol–water partition coefficient (Wildman–Crippen LogP) is 6.06. The number of likely N-dealkylation sites (tertiary alicyclic amines) is 1. The summed E-state index contributed by atoms with van der Waals surface area (Å²) in [5, 5.41) is 15.9. The summed E-state index contributed by atoms with van der Waals surface area (Å²) in [6.07, 6.45) is 6.16. The van der Waals surface area contributed by atoms with Crippen molar-refractivity contribution in [1.82, 2.24) is 14.7 Å². The van der Waals surface area contributed by atoms with Gasteiger partial charge in [0.1, 0.15) is 0 Å². The number of esters is 1. The number of ether oxygens (including phenoxy) is 1. The predicted molar refractivity (Wildman–Crippen MR) is 162 cm³/mol. The number of hydrogen-bond acceptors (Lipinski definition) is 5. The molecule has 0 spiro atoms. The summed E-state index contributed by atoms with van der Waals surface area (Å²) >= 11 is 0. The van der Waals surface area contributed by atoms with Crippen LogP contribution in [-0.2, 0) is 21.6 Å². The highest BCUT2D eigenvalue weighted by Crippen LogP contribution is 2.44. The van der Waals surface area contributed by atoms with Gasteiger partial charge >= 0.3 is 5.97 Å². The molecule has 0 amide bonds. The third kappa shape index (κ3) is 6.50. The van der Waals surface area contributed by atoms with E-state index in [1.54, 1.807) is 0 Å². The Morgan fingerprint density at radius 3 is 2.07 bits per heavy atom. The third-order valence-corrected chi connectivity index (χ3v) is 7.84. The maximum atomic E-state index is 11.6. The minimum atomic E-state index is -0.527. The number of aliphatic hydroxyl groups is 1. The monoisotopic (exact) mass is 549 g/mol. The summed E-state index contributed by atoms with van der Waals surface area (Å²) in [5.74, 6) is -0.146. The van der Waals surface area contributed by atoms with E-state index in [2.05, 4.69) is 95.9 Å². The number of rotatable bonds is 11. The summed E-state index contributed by atoms with van der Waals surface area (Å²) in [6, 6.07) is 34.0. The standard InChI is InChI=1S/C35H39N3O3/c1-2-41-34(40)20-12-13-23-38-25-21-32(36-38)26-28-27-37(24-22-33(28)39)35(29-14-6-3-7-15-29,30-16-8-4-9-17-30)31-18-10-5-11-19-31/h3-11,14-19,21,25-26,33,39H,2,12-13,20,22-24,27H2,1H3/b28-26+. The summed E-state index contributed by atoms with van der Waals surface area (Å²) < 4.78 is 6.92. The van der Waals surface area contributed by atoms with Crippen molar-refractivity contribution in [1.29, 1.82) is 0 Å². The number of piperidine rings is 1. The number of carbonyl (C=O) groups excluding carboxylic acids is 1. The number of nitrogens with zero attached hydrogens (tertiary/aromatic N) is 3. The van der Waals surface area contributed by atoms with Crippen LogP contribution < -0.4 is 0 Å². The van der Waals surface area contributed by atoms with Gasteiger partial charge in [0.05, 0.1) is 23.9 Å². The molecule has 2 heterocycles. The van der Waals surface area contributed by atoms with Gasteiger partial charge in [-0.3, -0.25) is 14.4 Å². The molecule has 4 aromatic rings. The molecule has 1 saturated heterocycles. The first-order valence-electron chi connectivity index (χ1n) is 14.6. The Hall–Kier alpha value is -4.00. The molecule has 6 heteroatoms. The largest absolute Gasteiger partial charge is 0.466 e. The van der Waals surface area contributed by atoms with Crippen LogP contribution >= 0.6 is 0 Å². The zero-order chi connectivity index (χ0) is 28.5. The SMILES string of the molecule is CCOC(=O)CCCCn1ccc(/C=C2\CN(C(c3ccccc3)(c3ccccc3)c3ccccc3)CCC2O)n1. The van der Waals surface area contributed by atoms with E-state index < -0.39 is 11.6 Å². The van der Waals surface area contributed by atoms with Gasteiger partial charge in [-0.25, -0.2) is 0 Å². The molecule has 1 N–H and O–H groups in total. The Morgan fingerprint density at radius 2 is 1.51 bits per heavy atom. The molecule has 5 rings (SSSR count). The number of aromatic nitrogens is 2. The highest BCUT2D eigenvalue weighted by molar-refractivity contribution is 5.69. The second kappa shape index (κ2) is 13.6. The van der Waals surface area contributed by atoms with E-state index >= 15 is 0 Å². The van der Waals surface area contributed by atoms with E-state index in [1.807, 2.05) is 29.9 Å². The molecule has 3 aromatic carbocycles. The second-order valence-corrected chi connectivity index (χ2v) is 10.5. The van der Waals surface area contributed by atoms with Crippen molar-refractivity contribution in [2.45, 2.75) is 50.8 Å². The average molecular weight is 550 g/mol. The van der Waals surface area contributed by atoms with Gasteiger partial charge in [-0.1, -0.05) is 91.0 Å². The van der Waals surface area contributed by atoms with Crippen molar-refractivity contribution < 1.29 is 14.6 Å². The molecule has 1 aliphatic rings. The molecule has 0 bridgehead atoms. The maximum absolute atomic E-state index is 11.6. The molecule has 0 radical (unpaired) electrons. The van der Waals surface area contributed by atoms with Crippen molar-refractivity contribution in [3.63, 3.8) is 0 Å². The Bertz CT molecular complexity index is 1320. The number of carbonyl (C=O) groups is 1. The lowest BCUT2D eigenvalue weighted by atomic mass is 9.74. The average Bonchev–Trinajstić information content (AvgIpc) is 3.46. The van der Waals surface area contributed by atoms with E-state index in [4.69, 9.17) is 9.84 Å². The molecule has 1 atom stereocenters.